The second kappa shape index (κ2) is 6.56. The molecular formula is C24H38O2Si2. The van der Waals surface area contributed by atoms with Crippen LogP contribution in [0.15, 0.2) is 12.1 Å². The zero-order valence-electron chi connectivity index (χ0n) is 18.9. The Bertz CT molecular complexity index is 802. The lowest BCUT2D eigenvalue weighted by Gasteiger charge is -2.47. The number of hydrogen-bond donors (Lipinski definition) is 0. The molecule has 0 heterocycles. The van der Waals surface area contributed by atoms with Crippen molar-refractivity contribution in [1.29, 1.82) is 0 Å². The Morgan fingerprint density at radius 3 is 2.25 bits per heavy atom. The van der Waals surface area contributed by atoms with E-state index in [1.807, 2.05) is 0 Å². The highest BCUT2D eigenvalue weighted by atomic mass is 28.3. The molecule has 4 heteroatoms. The minimum Gasteiger partial charge on any atom is -0.469 e. The van der Waals surface area contributed by atoms with E-state index in [0.717, 1.165) is 6.42 Å². The molecule has 1 spiro atoms. The van der Waals surface area contributed by atoms with Crippen molar-refractivity contribution in [2.45, 2.75) is 83.7 Å². The van der Waals surface area contributed by atoms with Gasteiger partial charge in [-0.1, -0.05) is 61.8 Å². The summed E-state index contributed by atoms with van der Waals surface area (Å²) < 4.78 is 5.18. The van der Waals surface area contributed by atoms with E-state index in [0.29, 0.717) is 17.3 Å². The van der Waals surface area contributed by atoms with Gasteiger partial charge in [0.25, 0.3) is 0 Å². The van der Waals surface area contributed by atoms with Gasteiger partial charge >= 0.3 is 5.97 Å². The minimum atomic E-state index is -1.40. The molecule has 0 aromatic heterocycles. The predicted octanol–water partition coefficient (Wildman–Crippen LogP) is 4.79. The fourth-order valence-corrected chi connectivity index (χ4v) is 12.0. The smallest absolute Gasteiger partial charge is 0.308 e. The summed E-state index contributed by atoms with van der Waals surface area (Å²) in [6.45, 7) is 15.0. The molecule has 2 saturated carbocycles. The third-order valence-electron chi connectivity index (χ3n) is 8.10. The first-order valence-corrected chi connectivity index (χ1v) is 18.2. The van der Waals surface area contributed by atoms with Gasteiger partial charge < -0.3 is 4.74 Å². The molecule has 0 unspecified atom stereocenters. The molecule has 1 aromatic rings. The number of ether oxygens (including phenoxy) is 1. The van der Waals surface area contributed by atoms with Crippen LogP contribution in [-0.4, -0.2) is 29.2 Å². The molecule has 0 aliphatic heterocycles. The summed E-state index contributed by atoms with van der Waals surface area (Å²) in [5.41, 5.74) is 3.65. The van der Waals surface area contributed by atoms with Gasteiger partial charge in [0.1, 0.15) is 0 Å². The van der Waals surface area contributed by atoms with Crippen LogP contribution in [0.25, 0.3) is 0 Å². The lowest BCUT2D eigenvalue weighted by atomic mass is 9.59. The summed E-state index contributed by atoms with van der Waals surface area (Å²) in [6, 6.07) is 5.31. The minimum absolute atomic E-state index is 0.0465. The van der Waals surface area contributed by atoms with Crippen molar-refractivity contribution in [3.05, 3.63) is 23.3 Å². The highest BCUT2D eigenvalue weighted by Crippen LogP contribution is 2.64. The van der Waals surface area contributed by atoms with Gasteiger partial charge in [0.15, 0.2) is 0 Å². The Morgan fingerprint density at radius 2 is 1.64 bits per heavy atom. The first-order valence-electron chi connectivity index (χ1n) is 11.2. The van der Waals surface area contributed by atoms with Gasteiger partial charge in [-0.25, -0.2) is 0 Å². The summed E-state index contributed by atoms with van der Waals surface area (Å²) in [7, 11) is -1.21. The number of esters is 1. The highest BCUT2D eigenvalue weighted by molar-refractivity contribution is 6.98. The quantitative estimate of drug-likeness (QED) is 0.525. The van der Waals surface area contributed by atoms with Crippen LogP contribution in [0.3, 0.4) is 0 Å². The van der Waals surface area contributed by atoms with Crippen LogP contribution < -0.4 is 10.4 Å². The molecule has 3 aliphatic rings. The number of fused-ring (bicyclic) bond motifs is 3. The number of benzene rings is 1. The Hall–Kier alpha value is -0.876. The van der Waals surface area contributed by atoms with Crippen molar-refractivity contribution in [2.24, 2.45) is 17.3 Å². The topological polar surface area (TPSA) is 26.3 Å². The normalized spacial score (nSPS) is 31.9. The van der Waals surface area contributed by atoms with E-state index in [1.165, 1.54) is 32.1 Å². The van der Waals surface area contributed by atoms with E-state index in [4.69, 9.17) is 4.74 Å². The zero-order valence-corrected chi connectivity index (χ0v) is 20.9. The third kappa shape index (κ3) is 3.15. The van der Waals surface area contributed by atoms with Crippen LogP contribution in [0.4, 0.5) is 0 Å². The summed E-state index contributed by atoms with van der Waals surface area (Å²) in [4.78, 5) is 12.4. The number of carbonyl (C=O) groups excluding carboxylic acids is 1. The second-order valence-electron chi connectivity index (χ2n) is 11.9. The van der Waals surface area contributed by atoms with Gasteiger partial charge in [0, 0.05) is 0 Å². The molecule has 2 fully saturated rings. The fourth-order valence-electron chi connectivity index (χ4n) is 6.74. The van der Waals surface area contributed by atoms with Crippen LogP contribution in [0, 0.1) is 17.3 Å². The van der Waals surface area contributed by atoms with Gasteiger partial charge in [0.2, 0.25) is 0 Å². The van der Waals surface area contributed by atoms with Crippen LogP contribution in [0.5, 0.6) is 0 Å². The fraction of sp³-hybridized carbons (Fsp3) is 0.708. The maximum Gasteiger partial charge on any atom is 0.308 e. The molecule has 2 bridgehead atoms. The largest absolute Gasteiger partial charge is 0.469 e. The van der Waals surface area contributed by atoms with E-state index >= 15 is 0 Å². The van der Waals surface area contributed by atoms with Gasteiger partial charge in [-0.2, -0.15) is 0 Å². The lowest BCUT2D eigenvalue weighted by Crippen LogP contribution is -2.57. The lowest BCUT2D eigenvalue weighted by molar-refractivity contribution is -0.146. The van der Waals surface area contributed by atoms with E-state index in [2.05, 4.69) is 51.4 Å². The van der Waals surface area contributed by atoms with Crippen molar-refractivity contribution in [3.63, 3.8) is 0 Å². The van der Waals surface area contributed by atoms with Crippen molar-refractivity contribution in [1.82, 2.24) is 0 Å². The van der Waals surface area contributed by atoms with E-state index in [9.17, 15) is 4.79 Å². The van der Waals surface area contributed by atoms with E-state index in [-0.39, 0.29) is 11.9 Å². The van der Waals surface area contributed by atoms with Crippen molar-refractivity contribution in [2.75, 3.05) is 7.11 Å². The van der Waals surface area contributed by atoms with E-state index < -0.39 is 16.1 Å². The maximum absolute atomic E-state index is 12.4. The zero-order chi connectivity index (χ0) is 20.5. The summed E-state index contributed by atoms with van der Waals surface area (Å²) in [5, 5.41) is 3.43. The number of rotatable bonds is 3. The molecule has 154 valence electrons. The van der Waals surface area contributed by atoms with Crippen molar-refractivity contribution >= 4 is 32.5 Å². The molecule has 28 heavy (non-hydrogen) atoms. The average Bonchev–Trinajstić information content (AvgIpc) is 2.89. The van der Waals surface area contributed by atoms with Gasteiger partial charge in [-0.3, -0.25) is 4.79 Å². The molecule has 1 aromatic carbocycles. The van der Waals surface area contributed by atoms with Crippen LogP contribution in [0.2, 0.25) is 39.3 Å². The Balaban J connectivity index is 1.79. The number of hydrogen-bond acceptors (Lipinski definition) is 2. The average molecular weight is 415 g/mol. The van der Waals surface area contributed by atoms with E-state index in [1.54, 1.807) is 28.6 Å². The monoisotopic (exact) mass is 414 g/mol. The number of methoxy groups -OCH3 is 1. The number of carbonyl (C=O) groups is 1. The molecule has 0 N–H and O–H groups in total. The van der Waals surface area contributed by atoms with Crippen molar-refractivity contribution in [3.8, 4) is 0 Å². The van der Waals surface area contributed by atoms with Crippen LogP contribution in [-0.2, 0) is 16.0 Å². The maximum atomic E-state index is 12.4. The predicted molar refractivity (Wildman–Crippen MR) is 123 cm³/mol. The molecule has 4 rings (SSSR count). The Morgan fingerprint density at radius 1 is 1.00 bits per heavy atom. The van der Waals surface area contributed by atoms with Crippen molar-refractivity contribution < 1.29 is 9.53 Å². The Kier molecular flexibility index (Phi) is 4.78. The molecule has 2 nitrogen and oxygen atoms in total. The number of aryl methyl sites for hydroxylation is 1. The van der Waals surface area contributed by atoms with Crippen LogP contribution in [0.1, 0.15) is 49.1 Å². The molecule has 0 amide bonds. The molecule has 0 saturated heterocycles. The highest BCUT2D eigenvalue weighted by Gasteiger charge is 2.56. The van der Waals surface area contributed by atoms with Crippen LogP contribution >= 0.6 is 0 Å². The summed E-state index contributed by atoms with van der Waals surface area (Å²) >= 11 is 0. The second-order valence-corrected chi connectivity index (χ2v) is 22.0. The molecule has 3 aliphatic carbocycles. The van der Waals surface area contributed by atoms with Gasteiger partial charge in [-0.15, -0.1) is 0 Å². The SMILES string of the molecule is COC(=O)[C@H]1C[C@@]23CCc4cc([Si](C)(C)C)c([Si](C)(C)C)cc4[C@@H]2CC[C@@H]1C3. The van der Waals surface area contributed by atoms with Gasteiger partial charge in [-0.05, 0) is 66.9 Å². The summed E-state index contributed by atoms with van der Waals surface area (Å²) in [6.07, 6.45) is 7.25. The molecular weight excluding hydrogens is 376 g/mol. The summed E-state index contributed by atoms with van der Waals surface area (Å²) in [5.74, 6) is 1.41. The molecule has 0 radical (unpaired) electrons. The standard InChI is InChI=1S/C24H38O2Si2/c1-26-23(25)19-15-24-11-10-16-12-21(27(2,3)4)22(28(5,6)7)13-18(16)20(24)9-8-17(19)14-24/h12-13,17,19-20H,8-11,14-15H2,1-7H3/t17-,19+,20+,24+/m1/s1. The van der Waals surface area contributed by atoms with Gasteiger partial charge in [0.05, 0.1) is 29.2 Å². The third-order valence-corrected chi connectivity index (χ3v) is 12.4. The molecule has 4 atom stereocenters. The first kappa shape index (κ1) is 20.4. The first-order chi connectivity index (χ1) is 13.0. The Labute approximate surface area is 173 Å².